The molecular weight excluding hydrogens is 336 g/mol. The molecule has 6 heteroatoms. The first-order valence-electron chi connectivity index (χ1n) is 8.24. The van der Waals surface area contributed by atoms with Crippen LogP contribution in [0.25, 0.3) is 5.65 Å². The molecule has 0 bridgehead atoms. The summed E-state index contributed by atoms with van der Waals surface area (Å²) in [4.78, 5) is 30.6. The van der Waals surface area contributed by atoms with Crippen molar-refractivity contribution < 1.29 is 9.53 Å². The van der Waals surface area contributed by atoms with E-state index in [-0.39, 0.29) is 18.1 Å². The van der Waals surface area contributed by atoms with Crippen LogP contribution in [0.15, 0.2) is 35.1 Å². The van der Waals surface area contributed by atoms with E-state index in [0.717, 1.165) is 23.4 Å². The molecular formula is C19H20N2O3S. The zero-order chi connectivity index (χ0) is 18.0. The topological polar surface area (TPSA) is 60.7 Å². The maximum Gasteiger partial charge on any atom is 0.348 e. The molecule has 0 aliphatic rings. The Labute approximate surface area is 149 Å². The fourth-order valence-electron chi connectivity index (χ4n) is 2.79. The van der Waals surface area contributed by atoms with E-state index in [4.69, 9.17) is 4.74 Å². The zero-order valence-electron chi connectivity index (χ0n) is 14.5. The first-order chi connectivity index (χ1) is 12.0. The largest absolute Gasteiger partial charge is 0.455 e. The van der Waals surface area contributed by atoms with Gasteiger partial charge in [-0.1, -0.05) is 19.4 Å². The third-order valence-electron chi connectivity index (χ3n) is 4.03. The van der Waals surface area contributed by atoms with Crippen LogP contribution in [0.2, 0.25) is 0 Å². The van der Waals surface area contributed by atoms with Crippen molar-refractivity contribution in [1.82, 2.24) is 9.38 Å². The standard InChI is InChI=1S/C19H20N2O3S/c1-4-6-14-9-16(25-13(14)3)19(23)24-11-15-10-18(22)21-12(2)7-5-8-17(21)20-15/h5,7-10H,4,6,11H2,1-3H3. The molecule has 3 rings (SSSR count). The smallest absolute Gasteiger partial charge is 0.348 e. The fourth-order valence-corrected chi connectivity index (χ4v) is 3.75. The molecule has 0 aliphatic heterocycles. The molecule has 3 heterocycles. The number of carbonyl (C=O) groups is 1. The minimum atomic E-state index is -0.373. The molecule has 0 radical (unpaired) electrons. The number of thiophene rings is 1. The highest BCUT2D eigenvalue weighted by atomic mass is 32.1. The van der Waals surface area contributed by atoms with E-state index in [2.05, 4.69) is 11.9 Å². The average molecular weight is 356 g/mol. The molecule has 25 heavy (non-hydrogen) atoms. The summed E-state index contributed by atoms with van der Waals surface area (Å²) in [5.41, 5.74) is 2.83. The number of ether oxygens (including phenoxy) is 1. The Balaban J connectivity index is 1.77. The number of hydrogen-bond donors (Lipinski definition) is 0. The second-order valence-corrected chi connectivity index (χ2v) is 7.22. The summed E-state index contributed by atoms with van der Waals surface area (Å²) in [7, 11) is 0. The number of carbonyl (C=O) groups excluding carboxylic acids is 1. The minimum absolute atomic E-state index is 0.0153. The highest BCUT2D eigenvalue weighted by Gasteiger charge is 2.14. The Hall–Kier alpha value is -2.47. The predicted molar refractivity (Wildman–Crippen MR) is 98.4 cm³/mol. The second kappa shape index (κ2) is 7.19. The van der Waals surface area contributed by atoms with Crippen LogP contribution in [0.4, 0.5) is 0 Å². The van der Waals surface area contributed by atoms with Gasteiger partial charge in [-0.3, -0.25) is 9.20 Å². The van der Waals surface area contributed by atoms with Crippen molar-refractivity contribution in [2.45, 2.75) is 40.2 Å². The normalized spacial score (nSPS) is 11.0. The SMILES string of the molecule is CCCc1cc(C(=O)OCc2cc(=O)n3c(C)cccc3n2)sc1C. The number of nitrogens with zero attached hydrogens (tertiary/aromatic N) is 2. The van der Waals surface area contributed by atoms with E-state index in [1.54, 1.807) is 6.07 Å². The number of rotatable bonds is 5. The highest BCUT2D eigenvalue weighted by Crippen LogP contribution is 2.23. The third kappa shape index (κ3) is 3.64. The maximum absolute atomic E-state index is 12.3. The van der Waals surface area contributed by atoms with Crippen LogP contribution in [0.1, 0.15) is 44.8 Å². The summed E-state index contributed by atoms with van der Waals surface area (Å²) in [5.74, 6) is -0.373. The molecule has 3 aromatic rings. The quantitative estimate of drug-likeness (QED) is 0.654. The molecule has 0 spiro atoms. The van der Waals surface area contributed by atoms with Crippen molar-refractivity contribution in [1.29, 1.82) is 0 Å². The summed E-state index contributed by atoms with van der Waals surface area (Å²) >= 11 is 1.44. The number of aryl methyl sites for hydroxylation is 3. The molecule has 5 nitrogen and oxygen atoms in total. The van der Waals surface area contributed by atoms with Crippen LogP contribution in [0.3, 0.4) is 0 Å². The van der Waals surface area contributed by atoms with Crippen molar-refractivity contribution >= 4 is 23.0 Å². The van der Waals surface area contributed by atoms with Crippen molar-refractivity contribution in [3.8, 4) is 0 Å². The summed E-state index contributed by atoms with van der Waals surface area (Å²) < 4.78 is 6.89. The minimum Gasteiger partial charge on any atom is -0.455 e. The van der Waals surface area contributed by atoms with Gasteiger partial charge in [0.2, 0.25) is 0 Å². The van der Waals surface area contributed by atoms with Crippen molar-refractivity contribution in [2.75, 3.05) is 0 Å². The van der Waals surface area contributed by atoms with Gasteiger partial charge in [0.1, 0.15) is 17.1 Å². The molecule has 0 unspecified atom stereocenters. The molecule has 0 fully saturated rings. The second-order valence-electron chi connectivity index (χ2n) is 5.96. The van der Waals surface area contributed by atoms with Crippen LogP contribution in [-0.2, 0) is 17.8 Å². The van der Waals surface area contributed by atoms with E-state index in [0.29, 0.717) is 16.2 Å². The molecule has 0 atom stereocenters. The van der Waals surface area contributed by atoms with E-state index < -0.39 is 0 Å². The molecule has 0 aromatic carbocycles. The molecule has 0 aliphatic carbocycles. The van der Waals surface area contributed by atoms with Crippen LogP contribution < -0.4 is 5.56 Å². The molecule has 3 aromatic heterocycles. The van der Waals surface area contributed by atoms with Gasteiger partial charge in [0, 0.05) is 16.6 Å². The Morgan fingerprint density at radius 2 is 2.08 bits per heavy atom. The van der Waals surface area contributed by atoms with E-state index in [1.165, 1.54) is 27.4 Å². The molecule has 0 saturated heterocycles. The van der Waals surface area contributed by atoms with Gasteiger partial charge in [-0.2, -0.15) is 0 Å². The molecule has 0 saturated carbocycles. The van der Waals surface area contributed by atoms with Crippen LogP contribution in [-0.4, -0.2) is 15.4 Å². The maximum atomic E-state index is 12.3. The first-order valence-corrected chi connectivity index (χ1v) is 9.06. The number of pyridine rings is 1. The lowest BCUT2D eigenvalue weighted by Crippen LogP contribution is -2.18. The summed E-state index contributed by atoms with van der Waals surface area (Å²) in [6.45, 7) is 5.96. The van der Waals surface area contributed by atoms with Gasteiger partial charge in [0.25, 0.3) is 5.56 Å². The van der Waals surface area contributed by atoms with Crippen molar-refractivity contribution in [3.05, 3.63) is 67.4 Å². The summed E-state index contributed by atoms with van der Waals surface area (Å²) in [6, 6.07) is 8.77. The van der Waals surface area contributed by atoms with Crippen LogP contribution in [0, 0.1) is 13.8 Å². The van der Waals surface area contributed by atoms with Gasteiger partial charge in [-0.15, -0.1) is 11.3 Å². The molecule has 0 amide bonds. The van der Waals surface area contributed by atoms with Gasteiger partial charge in [0.05, 0.1) is 5.69 Å². The van der Waals surface area contributed by atoms with Crippen LogP contribution >= 0.6 is 11.3 Å². The van der Waals surface area contributed by atoms with Gasteiger partial charge in [0.15, 0.2) is 0 Å². The van der Waals surface area contributed by atoms with Crippen LogP contribution in [0.5, 0.6) is 0 Å². The zero-order valence-corrected chi connectivity index (χ0v) is 15.4. The monoisotopic (exact) mass is 356 g/mol. The lowest BCUT2D eigenvalue weighted by atomic mass is 10.1. The lowest BCUT2D eigenvalue weighted by molar-refractivity contribution is 0.0473. The number of hydrogen-bond acceptors (Lipinski definition) is 5. The van der Waals surface area contributed by atoms with E-state index >= 15 is 0 Å². The number of fused-ring (bicyclic) bond motifs is 1. The van der Waals surface area contributed by atoms with Gasteiger partial charge in [-0.25, -0.2) is 9.78 Å². The van der Waals surface area contributed by atoms with E-state index in [1.807, 2.05) is 32.0 Å². The van der Waals surface area contributed by atoms with Gasteiger partial charge >= 0.3 is 5.97 Å². The Morgan fingerprint density at radius 1 is 1.28 bits per heavy atom. The van der Waals surface area contributed by atoms with E-state index in [9.17, 15) is 9.59 Å². The predicted octanol–water partition coefficient (Wildman–Crippen LogP) is 3.68. The Bertz CT molecular complexity index is 988. The fraction of sp³-hybridized carbons (Fsp3) is 0.316. The number of aromatic nitrogens is 2. The lowest BCUT2D eigenvalue weighted by Gasteiger charge is -2.07. The van der Waals surface area contributed by atoms with Crippen molar-refractivity contribution in [3.63, 3.8) is 0 Å². The summed E-state index contributed by atoms with van der Waals surface area (Å²) in [6.07, 6.45) is 1.99. The molecule has 0 N–H and O–H groups in total. The summed E-state index contributed by atoms with van der Waals surface area (Å²) in [5, 5.41) is 0. The first kappa shape index (κ1) is 17.4. The van der Waals surface area contributed by atoms with Gasteiger partial charge in [-0.05, 0) is 44.0 Å². The molecule has 130 valence electrons. The highest BCUT2D eigenvalue weighted by molar-refractivity contribution is 7.14. The Morgan fingerprint density at radius 3 is 2.84 bits per heavy atom. The van der Waals surface area contributed by atoms with Gasteiger partial charge < -0.3 is 4.74 Å². The Kier molecular flexibility index (Phi) is 4.99. The average Bonchev–Trinajstić information content (AvgIpc) is 2.94. The third-order valence-corrected chi connectivity index (χ3v) is 5.10. The number of esters is 1. The van der Waals surface area contributed by atoms with Crippen molar-refractivity contribution in [2.24, 2.45) is 0 Å².